The summed E-state index contributed by atoms with van der Waals surface area (Å²) >= 11 is 0. The molecule has 2 rings (SSSR count). The fraction of sp³-hybridized carbons (Fsp3) is 0.727. The maximum Gasteiger partial charge on any atom is 0.252 e. The Morgan fingerprint density at radius 2 is 2.12 bits per heavy atom. The van der Waals surface area contributed by atoms with Crippen molar-refractivity contribution in [1.82, 2.24) is 15.5 Å². The van der Waals surface area contributed by atoms with E-state index < -0.39 is 17.4 Å². The molecule has 6 heteroatoms. The van der Waals surface area contributed by atoms with Gasteiger partial charge in [0.15, 0.2) is 0 Å². The van der Waals surface area contributed by atoms with Crippen LogP contribution in [-0.4, -0.2) is 47.3 Å². The summed E-state index contributed by atoms with van der Waals surface area (Å²) in [6.07, 6.45) is 2.19. The van der Waals surface area contributed by atoms with Crippen LogP contribution in [-0.2, 0) is 14.4 Å². The van der Waals surface area contributed by atoms with Crippen LogP contribution in [0.2, 0.25) is 0 Å². The van der Waals surface area contributed by atoms with Gasteiger partial charge in [-0.2, -0.15) is 0 Å². The maximum absolute atomic E-state index is 12.0. The summed E-state index contributed by atoms with van der Waals surface area (Å²) in [5.41, 5.74) is -0.962. The average molecular weight is 239 g/mol. The Hall–Kier alpha value is -1.43. The first-order valence-electron chi connectivity index (χ1n) is 5.79. The van der Waals surface area contributed by atoms with Crippen molar-refractivity contribution in [3.63, 3.8) is 0 Å². The Balaban J connectivity index is 2.02. The van der Waals surface area contributed by atoms with Crippen LogP contribution in [0.5, 0.6) is 0 Å². The lowest BCUT2D eigenvalue weighted by molar-refractivity contribution is -0.155. The monoisotopic (exact) mass is 239 g/mol. The molecule has 1 aliphatic carbocycles. The molecule has 6 nitrogen and oxygen atoms in total. The smallest absolute Gasteiger partial charge is 0.252 e. The summed E-state index contributed by atoms with van der Waals surface area (Å²) in [6.45, 7) is 3.42. The van der Waals surface area contributed by atoms with Gasteiger partial charge in [0, 0.05) is 6.04 Å². The molecule has 94 valence electrons. The molecule has 2 fully saturated rings. The van der Waals surface area contributed by atoms with Gasteiger partial charge >= 0.3 is 0 Å². The van der Waals surface area contributed by atoms with Crippen LogP contribution in [0.3, 0.4) is 0 Å². The van der Waals surface area contributed by atoms with E-state index in [0.717, 1.165) is 12.8 Å². The molecular weight excluding hydrogens is 222 g/mol. The van der Waals surface area contributed by atoms with Gasteiger partial charge in [0.1, 0.15) is 12.1 Å². The molecule has 17 heavy (non-hydrogen) atoms. The van der Waals surface area contributed by atoms with Crippen LogP contribution in [0.1, 0.15) is 26.7 Å². The predicted molar refractivity (Wildman–Crippen MR) is 60.0 cm³/mol. The Morgan fingerprint density at radius 1 is 1.47 bits per heavy atom. The molecule has 3 amide bonds. The Morgan fingerprint density at radius 3 is 2.71 bits per heavy atom. The molecule has 1 aliphatic heterocycles. The van der Waals surface area contributed by atoms with Crippen LogP contribution < -0.4 is 10.6 Å². The van der Waals surface area contributed by atoms with Crippen molar-refractivity contribution >= 4 is 17.7 Å². The first-order valence-corrected chi connectivity index (χ1v) is 5.79. The summed E-state index contributed by atoms with van der Waals surface area (Å²) in [4.78, 5) is 36.2. The molecule has 0 bridgehead atoms. The highest BCUT2D eigenvalue weighted by Crippen LogP contribution is 2.20. The molecule has 0 aromatic rings. The number of rotatable bonds is 3. The molecule has 0 radical (unpaired) electrons. The molecule has 1 saturated heterocycles. The van der Waals surface area contributed by atoms with E-state index in [2.05, 4.69) is 10.6 Å². The predicted octanol–water partition coefficient (Wildman–Crippen LogP) is -0.998. The molecule has 1 heterocycles. The van der Waals surface area contributed by atoms with Crippen molar-refractivity contribution in [2.24, 2.45) is 0 Å². The number of hydrogen-bond donors (Lipinski definition) is 2. The zero-order valence-electron chi connectivity index (χ0n) is 10.1. The first kappa shape index (κ1) is 12.0. The number of imide groups is 1. The standard InChI is InChI=1S/C11H17N3O3/c1-11(2)10(17)13-8(15)6-14(11)9(16)5-12-7-3-4-7/h7,12H,3-6H2,1-2H3,(H,13,15,17). The van der Waals surface area contributed by atoms with Crippen LogP contribution in [0.25, 0.3) is 0 Å². The van der Waals surface area contributed by atoms with Crippen molar-refractivity contribution in [3.8, 4) is 0 Å². The molecule has 0 unspecified atom stereocenters. The van der Waals surface area contributed by atoms with E-state index in [1.165, 1.54) is 4.90 Å². The van der Waals surface area contributed by atoms with Crippen molar-refractivity contribution in [1.29, 1.82) is 0 Å². The third kappa shape index (κ3) is 2.46. The fourth-order valence-corrected chi connectivity index (χ4v) is 1.80. The third-order valence-electron chi connectivity index (χ3n) is 3.21. The highest BCUT2D eigenvalue weighted by atomic mass is 16.2. The minimum Gasteiger partial charge on any atom is -0.318 e. The van der Waals surface area contributed by atoms with Crippen LogP contribution in [0, 0.1) is 0 Å². The summed E-state index contributed by atoms with van der Waals surface area (Å²) in [5, 5.41) is 5.33. The summed E-state index contributed by atoms with van der Waals surface area (Å²) in [5.74, 6) is -1.05. The lowest BCUT2D eigenvalue weighted by Gasteiger charge is -2.40. The van der Waals surface area contributed by atoms with Crippen LogP contribution >= 0.6 is 0 Å². The zero-order valence-corrected chi connectivity index (χ0v) is 10.1. The number of carbonyl (C=O) groups is 3. The molecule has 2 N–H and O–H groups in total. The van der Waals surface area contributed by atoms with E-state index in [9.17, 15) is 14.4 Å². The number of nitrogens with one attached hydrogen (secondary N) is 2. The fourth-order valence-electron chi connectivity index (χ4n) is 1.80. The highest BCUT2D eigenvalue weighted by Gasteiger charge is 2.43. The number of nitrogens with zero attached hydrogens (tertiary/aromatic N) is 1. The largest absolute Gasteiger partial charge is 0.318 e. The van der Waals surface area contributed by atoms with Gasteiger partial charge in [-0.15, -0.1) is 0 Å². The minimum atomic E-state index is -0.962. The zero-order chi connectivity index (χ0) is 12.6. The van der Waals surface area contributed by atoms with Gasteiger partial charge in [-0.1, -0.05) is 0 Å². The third-order valence-corrected chi connectivity index (χ3v) is 3.21. The Bertz CT molecular complexity index is 374. The van der Waals surface area contributed by atoms with Gasteiger partial charge < -0.3 is 10.2 Å². The molecule has 1 saturated carbocycles. The Kier molecular flexibility index (Phi) is 2.91. The first-order chi connectivity index (χ1) is 7.91. The summed E-state index contributed by atoms with van der Waals surface area (Å²) < 4.78 is 0. The molecule has 0 spiro atoms. The quantitative estimate of drug-likeness (QED) is 0.619. The molecule has 0 aromatic carbocycles. The lowest BCUT2D eigenvalue weighted by Crippen LogP contribution is -2.66. The Labute approximate surface area is 99.7 Å². The van der Waals surface area contributed by atoms with Crippen LogP contribution in [0.15, 0.2) is 0 Å². The molecular formula is C11H17N3O3. The van der Waals surface area contributed by atoms with Gasteiger partial charge in [-0.25, -0.2) is 0 Å². The van der Waals surface area contributed by atoms with Crippen molar-refractivity contribution < 1.29 is 14.4 Å². The van der Waals surface area contributed by atoms with Gasteiger partial charge in [0.05, 0.1) is 6.54 Å². The summed E-state index contributed by atoms with van der Waals surface area (Å²) in [7, 11) is 0. The average Bonchev–Trinajstić information content (AvgIpc) is 3.04. The van der Waals surface area contributed by atoms with E-state index in [4.69, 9.17) is 0 Å². The van der Waals surface area contributed by atoms with E-state index in [1.54, 1.807) is 13.8 Å². The van der Waals surface area contributed by atoms with E-state index in [0.29, 0.717) is 6.04 Å². The van der Waals surface area contributed by atoms with Gasteiger partial charge in [-0.3, -0.25) is 19.7 Å². The second-order valence-electron chi connectivity index (χ2n) is 5.07. The topological polar surface area (TPSA) is 78.5 Å². The lowest BCUT2D eigenvalue weighted by atomic mass is 9.98. The van der Waals surface area contributed by atoms with Crippen molar-refractivity contribution in [2.45, 2.75) is 38.3 Å². The van der Waals surface area contributed by atoms with E-state index in [-0.39, 0.29) is 19.0 Å². The second kappa shape index (κ2) is 4.10. The molecule has 0 atom stereocenters. The number of amides is 3. The SMILES string of the molecule is CC1(C)C(=O)NC(=O)CN1C(=O)CNC1CC1. The molecule has 0 aromatic heterocycles. The maximum atomic E-state index is 12.0. The van der Waals surface area contributed by atoms with Crippen molar-refractivity contribution in [3.05, 3.63) is 0 Å². The second-order valence-corrected chi connectivity index (χ2v) is 5.07. The van der Waals surface area contributed by atoms with Crippen LogP contribution in [0.4, 0.5) is 0 Å². The number of carbonyl (C=O) groups excluding carboxylic acids is 3. The van der Waals surface area contributed by atoms with Gasteiger partial charge in [0.2, 0.25) is 11.8 Å². The highest BCUT2D eigenvalue weighted by molar-refractivity contribution is 6.06. The number of piperazine rings is 1. The van der Waals surface area contributed by atoms with Crippen molar-refractivity contribution in [2.75, 3.05) is 13.1 Å². The van der Waals surface area contributed by atoms with Gasteiger partial charge in [0.25, 0.3) is 5.91 Å². The molecule has 2 aliphatic rings. The van der Waals surface area contributed by atoms with E-state index >= 15 is 0 Å². The normalized spacial score (nSPS) is 23.5. The van der Waals surface area contributed by atoms with Gasteiger partial charge in [-0.05, 0) is 26.7 Å². The minimum absolute atomic E-state index is 0.0517. The summed E-state index contributed by atoms with van der Waals surface area (Å²) in [6, 6.07) is 0.427. The number of hydrogen-bond acceptors (Lipinski definition) is 4. The van der Waals surface area contributed by atoms with E-state index in [1.807, 2.05) is 0 Å².